The molecule has 164 valence electrons. The van der Waals surface area contributed by atoms with Crippen molar-refractivity contribution < 1.29 is 19.1 Å². The van der Waals surface area contributed by atoms with Crippen molar-refractivity contribution in [2.24, 2.45) is 0 Å². The second-order valence-corrected chi connectivity index (χ2v) is 8.06. The Bertz CT molecular complexity index is 1180. The highest BCUT2D eigenvalue weighted by Gasteiger charge is 2.26. The first kappa shape index (κ1) is 21.7. The number of nitrogens with one attached hydrogen (secondary N) is 1. The van der Waals surface area contributed by atoms with Gasteiger partial charge in [-0.1, -0.05) is 41.9 Å². The highest BCUT2D eigenvalue weighted by molar-refractivity contribution is 6.31. The van der Waals surface area contributed by atoms with Crippen LogP contribution in [0.3, 0.4) is 0 Å². The monoisotopic (exact) mass is 450 g/mol. The predicted molar refractivity (Wildman–Crippen MR) is 125 cm³/mol. The van der Waals surface area contributed by atoms with Gasteiger partial charge in [0, 0.05) is 10.7 Å². The molecule has 1 heterocycles. The Balaban J connectivity index is 1.49. The summed E-state index contributed by atoms with van der Waals surface area (Å²) in [7, 11) is 0. The van der Waals surface area contributed by atoms with Crippen molar-refractivity contribution in [3.8, 4) is 11.5 Å². The molecule has 0 radical (unpaired) electrons. The number of anilines is 2. The van der Waals surface area contributed by atoms with Crippen LogP contribution in [-0.2, 0) is 16.1 Å². The lowest BCUT2D eigenvalue weighted by Gasteiger charge is -2.30. The highest BCUT2D eigenvalue weighted by Crippen LogP contribution is 2.36. The molecule has 1 N–H and O–H groups in total. The largest absolute Gasteiger partial charge is 0.483 e. The second-order valence-electron chi connectivity index (χ2n) is 7.65. The van der Waals surface area contributed by atoms with Crippen molar-refractivity contribution in [1.82, 2.24) is 0 Å². The Hall–Kier alpha value is -3.51. The number of nitrogens with zero attached hydrogens (tertiary/aromatic N) is 1. The van der Waals surface area contributed by atoms with E-state index >= 15 is 0 Å². The first-order chi connectivity index (χ1) is 15.4. The van der Waals surface area contributed by atoms with Gasteiger partial charge in [-0.15, -0.1) is 0 Å². The molecule has 7 heteroatoms. The molecule has 3 aromatic rings. The average molecular weight is 451 g/mol. The molecule has 32 heavy (non-hydrogen) atoms. The average Bonchev–Trinajstić information content (AvgIpc) is 2.77. The van der Waals surface area contributed by atoms with Crippen LogP contribution in [0.15, 0.2) is 60.7 Å². The molecule has 0 aliphatic carbocycles. The predicted octanol–water partition coefficient (Wildman–Crippen LogP) is 4.90. The molecule has 1 aliphatic rings. The molecule has 1 aliphatic heterocycles. The third-order valence-corrected chi connectivity index (χ3v) is 5.54. The molecule has 0 aromatic heterocycles. The van der Waals surface area contributed by atoms with Crippen molar-refractivity contribution in [3.05, 3.63) is 82.4 Å². The van der Waals surface area contributed by atoms with E-state index < -0.39 is 0 Å². The summed E-state index contributed by atoms with van der Waals surface area (Å²) in [5.41, 5.74) is 3.97. The van der Waals surface area contributed by atoms with Gasteiger partial charge in [-0.25, -0.2) is 0 Å². The van der Waals surface area contributed by atoms with Crippen LogP contribution < -0.4 is 19.7 Å². The Kier molecular flexibility index (Phi) is 6.32. The summed E-state index contributed by atoms with van der Waals surface area (Å²) < 4.78 is 11.2. The van der Waals surface area contributed by atoms with Crippen LogP contribution in [0.25, 0.3) is 0 Å². The second kappa shape index (κ2) is 9.32. The van der Waals surface area contributed by atoms with Crippen molar-refractivity contribution in [2.45, 2.75) is 20.4 Å². The van der Waals surface area contributed by atoms with Crippen LogP contribution in [0.5, 0.6) is 11.5 Å². The molecule has 0 unspecified atom stereocenters. The summed E-state index contributed by atoms with van der Waals surface area (Å²) in [5, 5.41) is 3.41. The van der Waals surface area contributed by atoms with Crippen molar-refractivity contribution >= 4 is 34.8 Å². The molecule has 0 saturated carbocycles. The molecule has 0 fully saturated rings. The lowest BCUT2D eigenvalue weighted by Crippen LogP contribution is -2.38. The fourth-order valence-corrected chi connectivity index (χ4v) is 3.65. The number of hydrogen-bond donors (Lipinski definition) is 1. The van der Waals surface area contributed by atoms with E-state index in [0.29, 0.717) is 34.4 Å². The summed E-state index contributed by atoms with van der Waals surface area (Å²) in [6.07, 6.45) is 0. The van der Waals surface area contributed by atoms with Gasteiger partial charge in [-0.3, -0.25) is 9.59 Å². The smallest absolute Gasteiger partial charge is 0.265 e. The number of carbonyl (C=O) groups is 2. The maximum Gasteiger partial charge on any atom is 0.265 e. The summed E-state index contributed by atoms with van der Waals surface area (Å²) >= 11 is 6.28. The number of carbonyl (C=O) groups excluding carboxylic acids is 2. The SMILES string of the molecule is Cc1ccc(C)c(OCC(=O)Nc2ccc3c(c2)N(Cc2ccccc2Cl)C(=O)CO3)c1. The van der Waals surface area contributed by atoms with E-state index in [2.05, 4.69) is 5.32 Å². The molecule has 2 amide bonds. The third kappa shape index (κ3) is 4.86. The lowest BCUT2D eigenvalue weighted by atomic mass is 10.1. The molecule has 0 saturated heterocycles. The Labute approximate surface area is 191 Å². The van der Waals surface area contributed by atoms with Gasteiger partial charge in [-0.05, 0) is 60.9 Å². The fourth-order valence-electron chi connectivity index (χ4n) is 3.45. The van der Waals surface area contributed by atoms with Gasteiger partial charge in [0.15, 0.2) is 13.2 Å². The van der Waals surface area contributed by atoms with Crippen molar-refractivity contribution in [3.63, 3.8) is 0 Å². The van der Waals surface area contributed by atoms with E-state index in [0.717, 1.165) is 16.7 Å². The zero-order valence-corrected chi connectivity index (χ0v) is 18.6. The quantitative estimate of drug-likeness (QED) is 0.580. The third-order valence-electron chi connectivity index (χ3n) is 5.17. The standard InChI is InChI=1S/C25H23ClN2O4/c1-16-7-8-17(2)23(11-16)31-14-24(29)27-19-9-10-22-21(12-19)28(25(30)15-32-22)13-18-5-3-4-6-20(18)26/h3-12H,13-15H2,1-2H3,(H,27,29). The minimum atomic E-state index is -0.299. The Morgan fingerprint density at radius 1 is 1.12 bits per heavy atom. The van der Waals surface area contributed by atoms with E-state index in [1.807, 2.05) is 50.2 Å². The number of benzene rings is 3. The van der Waals surface area contributed by atoms with Gasteiger partial charge in [0.05, 0.1) is 12.2 Å². The topological polar surface area (TPSA) is 67.9 Å². The number of amides is 2. The minimum Gasteiger partial charge on any atom is -0.483 e. The van der Waals surface area contributed by atoms with Crippen LogP contribution in [0.4, 0.5) is 11.4 Å². The molecule has 0 spiro atoms. The van der Waals surface area contributed by atoms with Crippen LogP contribution >= 0.6 is 11.6 Å². The molecular formula is C25H23ClN2O4. The number of ether oxygens (including phenoxy) is 2. The first-order valence-electron chi connectivity index (χ1n) is 10.2. The normalized spacial score (nSPS) is 12.7. The maximum atomic E-state index is 12.6. The van der Waals surface area contributed by atoms with Gasteiger partial charge in [-0.2, -0.15) is 0 Å². The number of aryl methyl sites for hydroxylation is 2. The van der Waals surface area contributed by atoms with Crippen molar-refractivity contribution in [1.29, 1.82) is 0 Å². The Morgan fingerprint density at radius 3 is 2.75 bits per heavy atom. The van der Waals surface area contributed by atoms with E-state index in [9.17, 15) is 9.59 Å². The molecule has 3 aromatic carbocycles. The summed E-state index contributed by atoms with van der Waals surface area (Å²) in [6, 6.07) is 18.4. The summed E-state index contributed by atoms with van der Waals surface area (Å²) in [5.74, 6) is 0.766. The van der Waals surface area contributed by atoms with Gasteiger partial charge < -0.3 is 19.7 Å². The van der Waals surface area contributed by atoms with E-state index in [4.69, 9.17) is 21.1 Å². The molecular weight excluding hydrogens is 428 g/mol. The van der Waals surface area contributed by atoms with Gasteiger partial charge in [0.25, 0.3) is 11.8 Å². The molecule has 6 nitrogen and oxygen atoms in total. The fraction of sp³-hybridized carbons (Fsp3) is 0.200. The molecule has 0 bridgehead atoms. The van der Waals surface area contributed by atoms with Crippen LogP contribution in [0.2, 0.25) is 5.02 Å². The van der Waals surface area contributed by atoms with Crippen LogP contribution in [-0.4, -0.2) is 25.0 Å². The Morgan fingerprint density at radius 2 is 1.94 bits per heavy atom. The molecule has 0 atom stereocenters. The summed E-state index contributed by atoms with van der Waals surface area (Å²) in [6.45, 7) is 4.03. The number of halogens is 1. The number of hydrogen-bond acceptors (Lipinski definition) is 4. The maximum absolute atomic E-state index is 12.6. The van der Waals surface area contributed by atoms with Gasteiger partial charge >= 0.3 is 0 Å². The number of fused-ring (bicyclic) bond motifs is 1. The molecule has 4 rings (SSSR count). The van der Waals surface area contributed by atoms with Crippen molar-refractivity contribution in [2.75, 3.05) is 23.4 Å². The zero-order valence-electron chi connectivity index (χ0n) is 17.9. The first-order valence-corrected chi connectivity index (χ1v) is 10.6. The highest BCUT2D eigenvalue weighted by atomic mass is 35.5. The van der Waals surface area contributed by atoms with Gasteiger partial charge in [0.1, 0.15) is 11.5 Å². The van der Waals surface area contributed by atoms with Crippen LogP contribution in [0, 0.1) is 13.8 Å². The minimum absolute atomic E-state index is 0.0488. The van der Waals surface area contributed by atoms with Crippen LogP contribution in [0.1, 0.15) is 16.7 Å². The number of rotatable bonds is 6. The van der Waals surface area contributed by atoms with E-state index in [-0.39, 0.29) is 25.0 Å². The lowest BCUT2D eigenvalue weighted by molar-refractivity contribution is -0.121. The zero-order chi connectivity index (χ0) is 22.7. The van der Waals surface area contributed by atoms with E-state index in [1.54, 1.807) is 29.2 Å². The van der Waals surface area contributed by atoms with Gasteiger partial charge in [0.2, 0.25) is 0 Å². The van der Waals surface area contributed by atoms with E-state index in [1.165, 1.54) is 0 Å². The summed E-state index contributed by atoms with van der Waals surface area (Å²) in [4.78, 5) is 26.7.